The van der Waals surface area contributed by atoms with Gasteiger partial charge in [0.1, 0.15) is 0 Å². The van der Waals surface area contributed by atoms with Crippen molar-refractivity contribution in [1.29, 1.82) is 0 Å². The lowest BCUT2D eigenvalue weighted by Gasteiger charge is -2.27. The van der Waals surface area contributed by atoms with Crippen LogP contribution in [0.15, 0.2) is 0 Å². The molecule has 1 fully saturated rings. The van der Waals surface area contributed by atoms with E-state index in [1.807, 2.05) is 0 Å². The lowest BCUT2D eigenvalue weighted by molar-refractivity contribution is 0.120. The molecule has 2 heteroatoms. The van der Waals surface area contributed by atoms with Gasteiger partial charge in [0.25, 0.3) is 0 Å². The molecule has 0 aliphatic heterocycles. The quantitative estimate of drug-likeness (QED) is 0.735. The fraction of sp³-hybridized carbons (Fsp3) is 1.00. The Morgan fingerprint density at radius 2 is 2.07 bits per heavy atom. The first-order valence-corrected chi connectivity index (χ1v) is 6.48. The maximum atomic E-state index is 9.65. The molecule has 0 aromatic carbocycles. The highest BCUT2D eigenvalue weighted by Crippen LogP contribution is 2.27. The molecule has 1 aliphatic carbocycles. The van der Waals surface area contributed by atoms with Gasteiger partial charge >= 0.3 is 0 Å². The van der Waals surface area contributed by atoms with Gasteiger partial charge in [0.05, 0.1) is 6.10 Å². The molecule has 0 aromatic heterocycles. The normalized spacial score (nSPS) is 29.4. The summed E-state index contributed by atoms with van der Waals surface area (Å²) < 4.78 is 0. The Hall–Kier alpha value is -0.0800. The van der Waals surface area contributed by atoms with E-state index in [9.17, 15) is 5.11 Å². The largest absolute Gasteiger partial charge is 0.392 e. The predicted molar refractivity (Wildman–Crippen MR) is 64.8 cm³/mol. The minimum Gasteiger partial charge on any atom is -0.392 e. The Kier molecular flexibility index (Phi) is 5.62. The van der Waals surface area contributed by atoms with Crippen molar-refractivity contribution in [1.82, 2.24) is 5.32 Å². The number of hydrogen-bond donors (Lipinski definition) is 2. The van der Waals surface area contributed by atoms with Gasteiger partial charge in [-0.25, -0.2) is 0 Å². The van der Waals surface area contributed by atoms with Crippen LogP contribution in [0.5, 0.6) is 0 Å². The van der Waals surface area contributed by atoms with Gasteiger partial charge in [-0.3, -0.25) is 0 Å². The first-order chi connectivity index (χ1) is 7.09. The standard InChI is InChI=1S/C13H27NO/c1-10(2)13(15)9-14-8-12-6-4-5-11(3)7-12/h10-15H,4-9H2,1-3H3. The molecule has 3 atom stereocenters. The van der Waals surface area contributed by atoms with E-state index in [0.29, 0.717) is 5.92 Å². The molecule has 0 amide bonds. The molecule has 1 saturated carbocycles. The maximum absolute atomic E-state index is 9.65. The first kappa shape index (κ1) is 13.0. The van der Waals surface area contributed by atoms with E-state index in [-0.39, 0.29) is 6.10 Å². The van der Waals surface area contributed by atoms with Crippen LogP contribution in [-0.2, 0) is 0 Å². The number of nitrogens with one attached hydrogen (secondary N) is 1. The molecule has 2 N–H and O–H groups in total. The van der Waals surface area contributed by atoms with Crippen LogP contribution >= 0.6 is 0 Å². The second kappa shape index (κ2) is 6.49. The predicted octanol–water partition coefficient (Wildman–Crippen LogP) is 2.42. The summed E-state index contributed by atoms with van der Waals surface area (Å²) in [7, 11) is 0. The Morgan fingerprint density at radius 3 is 2.67 bits per heavy atom. The van der Waals surface area contributed by atoms with Gasteiger partial charge in [0.2, 0.25) is 0 Å². The van der Waals surface area contributed by atoms with Crippen LogP contribution in [-0.4, -0.2) is 24.3 Å². The van der Waals surface area contributed by atoms with Gasteiger partial charge in [-0.05, 0) is 37.1 Å². The SMILES string of the molecule is CC1CCCC(CNCC(O)C(C)C)C1. The highest BCUT2D eigenvalue weighted by atomic mass is 16.3. The second-order valence-corrected chi connectivity index (χ2v) is 5.61. The summed E-state index contributed by atoms with van der Waals surface area (Å²) in [4.78, 5) is 0. The van der Waals surface area contributed by atoms with Crippen LogP contribution in [0.4, 0.5) is 0 Å². The van der Waals surface area contributed by atoms with Crippen molar-refractivity contribution in [3.63, 3.8) is 0 Å². The minimum atomic E-state index is -0.189. The van der Waals surface area contributed by atoms with Crippen LogP contribution in [0.2, 0.25) is 0 Å². The Morgan fingerprint density at radius 1 is 1.33 bits per heavy atom. The minimum absolute atomic E-state index is 0.189. The fourth-order valence-electron chi connectivity index (χ4n) is 2.42. The van der Waals surface area contributed by atoms with Gasteiger partial charge in [-0.2, -0.15) is 0 Å². The Balaban J connectivity index is 2.09. The van der Waals surface area contributed by atoms with E-state index in [0.717, 1.165) is 24.9 Å². The third-order valence-corrected chi connectivity index (χ3v) is 3.60. The smallest absolute Gasteiger partial charge is 0.0687 e. The third-order valence-electron chi connectivity index (χ3n) is 3.60. The van der Waals surface area contributed by atoms with Crippen molar-refractivity contribution in [3.8, 4) is 0 Å². The summed E-state index contributed by atoms with van der Waals surface area (Å²) >= 11 is 0. The number of hydrogen-bond acceptors (Lipinski definition) is 2. The topological polar surface area (TPSA) is 32.3 Å². The Bertz CT molecular complexity index is 170. The molecule has 0 heterocycles. The third kappa shape index (κ3) is 4.98. The van der Waals surface area contributed by atoms with Crippen molar-refractivity contribution in [2.45, 2.75) is 52.6 Å². The highest BCUT2D eigenvalue weighted by molar-refractivity contribution is 4.73. The molecular formula is C13H27NO. The van der Waals surface area contributed by atoms with Crippen molar-refractivity contribution >= 4 is 0 Å². The zero-order chi connectivity index (χ0) is 11.3. The lowest BCUT2D eigenvalue weighted by Crippen LogP contribution is -2.34. The molecule has 0 radical (unpaired) electrons. The Labute approximate surface area is 94.5 Å². The van der Waals surface area contributed by atoms with Crippen LogP contribution in [0.25, 0.3) is 0 Å². The van der Waals surface area contributed by atoms with Crippen LogP contribution < -0.4 is 5.32 Å². The fourth-order valence-corrected chi connectivity index (χ4v) is 2.42. The number of rotatable bonds is 5. The second-order valence-electron chi connectivity index (χ2n) is 5.61. The summed E-state index contributed by atoms with van der Waals surface area (Å²) in [5.74, 6) is 2.11. The summed E-state index contributed by atoms with van der Waals surface area (Å²) in [5.41, 5.74) is 0. The molecule has 0 aromatic rings. The molecule has 0 saturated heterocycles. The molecule has 2 nitrogen and oxygen atoms in total. The van der Waals surface area contributed by atoms with Crippen molar-refractivity contribution in [2.75, 3.05) is 13.1 Å². The summed E-state index contributed by atoms with van der Waals surface area (Å²) in [6.45, 7) is 8.33. The maximum Gasteiger partial charge on any atom is 0.0687 e. The molecule has 0 spiro atoms. The first-order valence-electron chi connectivity index (χ1n) is 6.48. The van der Waals surface area contributed by atoms with E-state index in [1.165, 1.54) is 25.7 Å². The van der Waals surface area contributed by atoms with E-state index < -0.39 is 0 Å². The summed E-state index contributed by atoms with van der Waals surface area (Å²) in [5, 5.41) is 13.1. The lowest BCUT2D eigenvalue weighted by atomic mass is 9.82. The van der Waals surface area contributed by atoms with Gasteiger partial charge in [-0.1, -0.05) is 33.6 Å². The van der Waals surface area contributed by atoms with Crippen LogP contribution in [0.3, 0.4) is 0 Å². The average molecular weight is 213 g/mol. The van der Waals surface area contributed by atoms with Crippen molar-refractivity contribution in [3.05, 3.63) is 0 Å². The van der Waals surface area contributed by atoms with E-state index in [4.69, 9.17) is 0 Å². The van der Waals surface area contributed by atoms with Crippen LogP contribution in [0.1, 0.15) is 46.5 Å². The van der Waals surface area contributed by atoms with E-state index in [2.05, 4.69) is 26.1 Å². The molecule has 90 valence electrons. The van der Waals surface area contributed by atoms with E-state index >= 15 is 0 Å². The van der Waals surface area contributed by atoms with Crippen LogP contribution in [0, 0.1) is 17.8 Å². The van der Waals surface area contributed by atoms with Gasteiger partial charge < -0.3 is 10.4 Å². The molecular weight excluding hydrogens is 186 g/mol. The zero-order valence-corrected chi connectivity index (χ0v) is 10.5. The molecule has 1 rings (SSSR count). The molecule has 0 bridgehead atoms. The average Bonchev–Trinajstić information content (AvgIpc) is 2.17. The molecule has 15 heavy (non-hydrogen) atoms. The van der Waals surface area contributed by atoms with Gasteiger partial charge in [0, 0.05) is 6.54 Å². The summed E-state index contributed by atoms with van der Waals surface area (Å²) in [6.07, 6.45) is 5.34. The summed E-state index contributed by atoms with van der Waals surface area (Å²) in [6, 6.07) is 0. The highest BCUT2D eigenvalue weighted by Gasteiger charge is 2.18. The van der Waals surface area contributed by atoms with Gasteiger partial charge in [-0.15, -0.1) is 0 Å². The van der Waals surface area contributed by atoms with E-state index in [1.54, 1.807) is 0 Å². The number of aliphatic hydroxyl groups is 1. The monoisotopic (exact) mass is 213 g/mol. The van der Waals surface area contributed by atoms with Crippen molar-refractivity contribution in [2.24, 2.45) is 17.8 Å². The zero-order valence-electron chi connectivity index (χ0n) is 10.5. The molecule has 3 unspecified atom stereocenters. The number of aliphatic hydroxyl groups excluding tert-OH is 1. The van der Waals surface area contributed by atoms with Crippen molar-refractivity contribution < 1.29 is 5.11 Å². The molecule has 1 aliphatic rings. The van der Waals surface area contributed by atoms with Gasteiger partial charge in [0.15, 0.2) is 0 Å².